The minimum absolute atomic E-state index is 0.0899. The first-order chi connectivity index (χ1) is 10.1. The van der Waals surface area contributed by atoms with E-state index in [0.717, 1.165) is 12.0 Å². The molecule has 0 fully saturated rings. The molecule has 0 saturated carbocycles. The topological polar surface area (TPSA) is 55.2 Å². The largest absolute Gasteiger partial charge is 0.296 e. The average molecular weight is 283 g/mol. The van der Waals surface area contributed by atoms with Crippen molar-refractivity contribution in [1.82, 2.24) is 9.97 Å². The summed E-state index contributed by atoms with van der Waals surface area (Å²) >= 11 is 0. The summed E-state index contributed by atoms with van der Waals surface area (Å²) in [5.41, 5.74) is 1.45. The van der Waals surface area contributed by atoms with Gasteiger partial charge in [-0.2, -0.15) is 0 Å². The van der Waals surface area contributed by atoms with Gasteiger partial charge in [-0.3, -0.25) is 9.79 Å². The number of allylic oxidation sites excluding steroid dienone is 5. The summed E-state index contributed by atoms with van der Waals surface area (Å²) in [7, 11) is 1.68. The van der Waals surface area contributed by atoms with Crippen LogP contribution in [0.5, 0.6) is 0 Å². The number of carbonyl (C=O) groups excluding carboxylic acids is 1. The second-order valence-corrected chi connectivity index (χ2v) is 4.50. The van der Waals surface area contributed by atoms with E-state index in [2.05, 4.69) is 21.5 Å². The minimum Gasteiger partial charge on any atom is -0.296 e. The third kappa shape index (κ3) is 4.91. The number of hydrogen-bond acceptors (Lipinski definition) is 4. The average Bonchev–Trinajstić information content (AvgIpc) is 2.51. The smallest absolute Gasteiger partial charge is 0.206 e. The molecule has 0 N–H and O–H groups in total. The molecule has 0 saturated heterocycles. The molecule has 0 radical (unpaired) electrons. The van der Waals surface area contributed by atoms with E-state index in [0.29, 0.717) is 5.69 Å². The second-order valence-electron chi connectivity index (χ2n) is 4.50. The fourth-order valence-electron chi connectivity index (χ4n) is 1.73. The highest BCUT2D eigenvalue weighted by Crippen LogP contribution is 2.12. The standard InChI is InChI=1S/C17H21N3O/c1-5-7-9-13(3)16(21)17-19-11-10-15(20-17)14(8-6-2)12-18-4/h6-13H,2,5H2,1,3-4H3/b9-7+,14-8+,18-12?. The van der Waals surface area contributed by atoms with Gasteiger partial charge in [-0.05, 0) is 12.5 Å². The third-order valence-electron chi connectivity index (χ3n) is 2.81. The Hall–Kier alpha value is -2.36. The highest BCUT2D eigenvalue weighted by atomic mass is 16.1. The van der Waals surface area contributed by atoms with Crippen molar-refractivity contribution in [3.63, 3.8) is 0 Å². The van der Waals surface area contributed by atoms with Crippen LogP contribution in [0.15, 0.2) is 48.1 Å². The molecule has 1 unspecified atom stereocenters. The van der Waals surface area contributed by atoms with Crippen LogP contribution in [-0.4, -0.2) is 29.0 Å². The number of ketones is 1. The van der Waals surface area contributed by atoms with Crippen LogP contribution in [-0.2, 0) is 0 Å². The predicted molar refractivity (Wildman–Crippen MR) is 87.5 cm³/mol. The molecule has 0 aliphatic carbocycles. The summed E-state index contributed by atoms with van der Waals surface area (Å²) in [6, 6.07) is 1.75. The molecule has 0 aliphatic rings. The van der Waals surface area contributed by atoms with Gasteiger partial charge in [-0.1, -0.05) is 44.7 Å². The molecular formula is C17H21N3O. The zero-order valence-electron chi connectivity index (χ0n) is 12.8. The number of aromatic nitrogens is 2. The van der Waals surface area contributed by atoms with E-state index >= 15 is 0 Å². The lowest BCUT2D eigenvalue weighted by Crippen LogP contribution is -2.14. The lowest BCUT2D eigenvalue weighted by atomic mass is 10.0. The third-order valence-corrected chi connectivity index (χ3v) is 2.81. The minimum atomic E-state index is -0.230. The first-order valence-electron chi connectivity index (χ1n) is 6.93. The van der Waals surface area contributed by atoms with Gasteiger partial charge in [0, 0.05) is 31.0 Å². The zero-order valence-corrected chi connectivity index (χ0v) is 12.8. The van der Waals surface area contributed by atoms with Crippen molar-refractivity contribution >= 4 is 17.6 Å². The van der Waals surface area contributed by atoms with Crippen molar-refractivity contribution in [2.24, 2.45) is 10.9 Å². The van der Waals surface area contributed by atoms with Gasteiger partial charge in [-0.25, -0.2) is 9.97 Å². The molecular weight excluding hydrogens is 262 g/mol. The van der Waals surface area contributed by atoms with Crippen molar-refractivity contribution in [3.05, 3.63) is 54.7 Å². The fraction of sp³-hybridized carbons (Fsp3) is 0.294. The van der Waals surface area contributed by atoms with Crippen molar-refractivity contribution in [2.45, 2.75) is 20.3 Å². The second kappa shape index (κ2) is 8.74. The number of nitrogens with zero attached hydrogens (tertiary/aromatic N) is 3. The highest BCUT2D eigenvalue weighted by molar-refractivity contribution is 6.09. The lowest BCUT2D eigenvalue weighted by Gasteiger charge is -2.06. The van der Waals surface area contributed by atoms with E-state index in [1.165, 1.54) is 0 Å². The number of hydrogen-bond donors (Lipinski definition) is 0. The van der Waals surface area contributed by atoms with Crippen LogP contribution < -0.4 is 0 Å². The van der Waals surface area contributed by atoms with Crippen molar-refractivity contribution in [3.8, 4) is 0 Å². The molecule has 0 aromatic carbocycles. The van der Waals surface area contributed by atoms with Gasteiger partial charge < -0.3 is 0 Å². The summed E-state index contributed by atoms with van der Waals surface area (Å²) in [6.07, 6.45) is 11.5. The molecule has 1 atom stereocenters. The Morgan fingerprint density at radius 2 is 2.29 bits per heavy atom. The summed E-state index contributed by atoms with van der Waals surface area (Å²) in [4.78, 5) is 24.7. The van der Waals surface area contributed by atoms with E-state index in [1.807, 2.05) is 26.0 Å². The van der Waals surface area contributed by atoms with Crippen LogP contribution in [0.2, 0.25) is 0 Å². The van der Waals surface area contributed by atoms with E-state index in [-0.39, 0.29) is 17.5 Å². The quantitative estimate of drug-likeness (QED) is 0.333. The van der Waals surface area contributed by atoms with E-state index in [9.17, 15) is 4.79 Å². The van der Waals surface area contributed by atoms with Crippen LogP contribution in [0, 0.1) is 5.92 Å². The van der Waals surface area contributed by atoms with Crippen LogP contribution >= 0.6 is 0 Å². The molecule has 1 rings (SSSR count). The molecule has 1 heterocycles. The Balaban J connectivity index is 3.10. The molecule has 0 aliphatic heterocycles. The number of rotatable bonds is 7. The lowest BCUT2D eigenvalue weighted by molar-refractivity contribution is 0.0942. The molecule has 1 aromatic rings. The van der Waals surface area contributed by atoms with Gasteiger partial charge in [0.15, 0.2) is 5.82 Å². The molecule has 110 valence electrons. The van der Waals surface area contributed by atoms with Gasteiger partial charge >= 0.3 is 0 Å². The number of carbonyl (C=O) groups is 1. The van der Waals surface area contributed by atoms with Crippen LogP contribution in [0.4, 0.5) is 0 Å². The van der Waals surface area contributed by atoms with Crippen molar-refractivity contribution in [2.75, 3.05) is 7.05 Å². The number of aliphatic imine (C=N–C) groups is 1. The molecule has 4 heteroatoms. The Kier molecular flexibility index (Phi) is 6.95. The molecule has 0 spiro atoms. The molecule has 1 aromatic heterocycles. The number of Topliss-reactive ketones (excluding diaryl/α,β-unsaturated/α-hetero) is 1. The van der Waals surface area contributed by atoms with Gasteiger partial charge in [0.1, 0.15) is 0 Å². The monoisotopic (exact) mass is 283 g/mol. The fourth-order valence-corrected chi connectivity index (χ4v) is 1.73. The van der Waals surface area contributed by atoms with Crippen LogP contribution in [0.25, 0.3) is 5.57 Å². The van der Waals surface area contributed by atoms with Gasteiger partial charge in [0.05, 0.1) is 5.69 Å². The first-order valence-corrected chi connectivity index (χ1v) is 6.93. The van der Waals surface area contributed by atoms with Crippen molar-refractivity contribution in [1.29, 1.82) is 0 Å². The van der Waals surface area contributed by atoms with E-state index in [1.54, 1.807) is 37.7 Å². The summed E-state index contributed by atoms with van der Waals surface area (Å²) < 4.78 is 0. The van der Waals surface area contributed by atoms with Gasteiger partial charge in [-0.15, -0.1) is 0 Å². The molecule has 21 heavy (non-hydrogen) atoms. The van der Waals surface area contributed by atoms with Gasteiger partial charge in [0.25, 0.3) is 0 Å². The predicted octanol–water partition coefficient (Wildman–Crippen LogP) is 3.53. The maximum atomic E-state index is 12.3. The Morgan fingerprint density at radius 1 is 1.52 bits per heavy atom. The Labute approximate surface area is 126 Å². The molecule has 0 bridgehead atoms. The Bertz CT molecular complexity index is 585. The van der Waals surface area contributed by atoms with Crippen molar-refractivity contribution < 1.29 is 4.79 Å². The van der Waals surface area contributed by atoms with E-state index in [4.69, 9.17) is 0 Å². The molecule has 0 amide bonds. The Morgan fingerprint density at radius 3 is 2.90 bits per heavy atom. The van der Waals surface area contributed by atoms with E-state index < -0.39 is 0 Å². The summed E-state index contributed by atoms with van der Waals surface area (Å²) in [6.45, 7) is 7.54. The van der Waals surface area contributed by atoms with Crippen LogP contribution in [0.1, 0.15) is 36.6 Å². The maximum Gasteiger partial charge on any atom is 0.206 e. The maximum absolute atomic E-state index is 12.3. The highest BCUT2D eigenvalue weighted by Gasteiger charge is 2.16. The van der Waals surface area contributed by atoms with Crippen LogP contribution in [0.3, 0.4) is 0 Å². The molecule has 4 nitrogen and oxygen atoms in total. The zero-order chi connectivity index (χ0) is 15.7. The first kappa shape index (κ1) is 16.7. The summed E-state index contributed by atoms with van der Waals surface area (Å²) in [5.74, 6) is -0.0972. The van der Waals surface area contributed by atoms with Gasteiger partial charge in [0.2, 0.25) is 5.78 Å². The SMILES string of the molecule is C=C/C=C(\C=NC)c1ccnc(C(=O)C(C)/C=C/CC)n1. The summed E-state index contributed by atoms with van der Waals surface area (Å²) in [5, 5.41) is 0. The normalized spacial score (nSPS) is 13.8.